The predicted octanol–water partition coefficient (Wildman–Crippen LogP) is 4.24. The Bertz CT molecular complexity index is 1720. The zero-order chi connectivity index (χ0) is 31.1. The maximum atomic E-state index is 15.2. The van der Waals surface area contributed by atoms with Crippen molar-refractivity contribution in [2.45, 2.75) is 57.3 Å². The largest absolute Gasteiger partial charge is 0.488 e. The zero-order valence-electron chi connectivity index (χ0n) is 24.9. The highest BCUT2D eigenvalue weighted by Gasteiger charge is 2.40. The average Bonchev–Trinajstić information content (AvgIpc) is 3.84. The van der Waals surface area contributed by atoms with E-state index in [0.29, 0.717) is 34.9 Å². The van der Waals surface area contributed by atoms with Crippen molar-refractivity contribution in [1.29, 1.82) is 5.26 Å². The number of benzene rings is 3. The predicted molar refractivity (Wildman–Crippen MR) is 164 cm³/mol. The molecule has 0 aromatic heterocycles. The highest BCUT2D eigenvalue weighted by atomic mass is 19.1. The van der Waals surface area contributed by atoms with E-state index in [9.17, 15) is 19.6 Å². The monoisotopic (exact) mass is 607 g/mol. The van der Waals surface area contributed by atoms with E-state index in [1.165, 1.54) is 16.2 Å². The third-order valence-corrected chi connectivity index (χ3v) is 9.36. The number of fused-ring (bicyclic) bond motifs is 1. The quantitative estimate of drug-likeness (QED) is 0.382. The van der Waals surface area contributed by atoms with Gasteiger partial charge in [-0.1, -0.05) is 18.2 Å². The number of rotatable bonds is 8. The number of hydrogen-bond donors (Lipinski definition) is 1. The Morgan fingerprint density at radius 2 is 1.80 bits per heavy atom. The first-order chi connectivity index (χ1) is 21.9. The lowest BCUT2D eigenvalue weighted by molar-refractivity contribution is -0.136. The van der Waals surface area contributed by atoms with Crippen LogP contribution in [0.3, 0.4) is 0 Å². The van der Waals surface area contributed by atoms with Crippen LogP contribution < -0.4 is 15.0 Å². The topological polar surface area (TPSA) is 106 Å². The SMILES string of the molecule is N#Cc1ccc(N2CCN(Cc3ccc(COc4cccc5c4CN([C@H]4CCC(=O)NC4=O)C5=O)c(F)c3)CC2)cc1C1CC1. The minimum atomic E-state index is -0.709. The summed E-state index contributed by atoms with van der Waals surface area (Å²) in [6.45, 7) is 4.30. The molecule has 3 aromatic rings. The molecular weight excluding hydrogens is 573 g/mol. The van der Waals surface area contributed by atoms with E-state index < -0.39 is 11.9 Å². The number of piperazine rings is 1. The molecule has 10 heteroatoms. The van der Waals surface area contributed by atoms with Gasteiger partial charge in [0.15, 0.2) is 0 Å². The molecule has 0 radical (unpaired) electrons. The van der Waals surface area contributed by atoms with Gasteiger partial charge in [-0.3, -0.25) is 24.6 Å². The summed E-state index contributed by atoms with van der Waals surface area (Å²) in [7, 11) is 0. The molecule has 3 aliphatic heterocycles. The Kier molecular flexibility index (Phi) is 7.71. The molecule has 45 heavy (non-hydrogen) atoms. The molecule has 1 aliphatic carbocycles. The number of halogens is 1. The fourth-order valence-electron chi connectivity index (χ4n) is 6.66. The average molecular weight is 608 g/mol. The summed E-state index contributed by atoms with van der Waals surface area (Å²) < 4.78 is 21.2. The van der Waals surface area contributed by atoms with Gasteiger partial charge in [0.1, 0.15) is 24.2 Å². The van der Waals surface area contributed by atoms with E-state index in [4.69, 9.17) is 4.74 Å². The van der Waals surface area contributed by atoms with Gasteiger partial charge in [-0.2, -0.15) is 5.26 Å². The summed E-state index contributed by atoms with van der Waals surface area (Å²) in [6.07, 6.45) is 2.79. The number of carbonyl (C=O) groups is 3. The summed E-state index contributed by atoms with van der Waals surface area (Å²) in [5, 5.41) is 11.8. The van der Waals surface area contributed by atoms with E-state index in [0.717, 1.165) is 50.1 Å². The van der Waals surface area contributed by atoms with Crippen molar-refractivity contribution < 1.29 is 23.5 Å². The van der Waals surface area contributed by atoms with Crippen LogP contribution in [0.4, 0.5) is 10.1 Å². The smallest absolute Gasteiger partial charge is 0.255 e. The van der Waals surface area contributed by atoms with Crippen LogP contribution in [-0.2, 0) is 29.3 Å². The molecule has 3 heterocycles. The van der Waals surface area contributed by atoms with Gasteiger partial charge in [0.2, 0.25) is 11.8 Å². The van der Waals surface area contributed by atoms with Crippen molar-refractivity contribution in [2.24, 2.45) is 0 Å². The van der Waals surface area contributed by atoms with Crippen molar-refractivity contribution in [2.75, 3.05) is 31.1 Å². The van der Waals surface area contributed by atoms with Crippen LogP contribution in [0.2, 0.25) is 0 Å². The molecule has 0 bridgehead atoms. The first kappa shape index (κ1) is 29.0. The molecule has 0 spiro atoms. The number of hydrogen-bond acceptors (Lipinski definition) is 7. The molecule has 3 amide bonds. The fraction of sp³-hybridized carbons (Fsp3) is 0.371. The van der Waals surface area contributed by atoms with Gasteiger partial charge in [0, 0.05) is 61.5 Å². The molecule has 3 fully saturated rings. The van der Waals surface area contributed by atoms with Gasteiger partial charge in [0.25, 0.3) is 5.91 Å². The van der Waals surface area contributed by atoms with Crippen LogP contribution in [-0.4, -0.2) is 59.7 Å². The first-order valence-corrected chi connectivity index (χ1v) is 15.6. The molecule has 3 aromatic carbocycles. The number of carbonyl (C=O) groups excluding carboxylic acids is 3. The number of nitrogens with zero attached hydrogens (tertiary/aromatic N) is 4. The molecule has 4 aliphatic rings. The molecule has 1 atom stereocenters. The van der Waals surface area contributed by atoms with Crippen LogP contribution in [0.25, 0.3) is 0 Å². The Balaban J connectivity index is 0.947. The Labute approximate surface area is 261 Å². The van der Waals surface area contributed by atoms with E-state index in [2.05, 4.69) is 27.3 Å². The Morgan fingerprint density at radius 3 is 2.53 bits per heavy atom. The maximum Gasteiger partial charge on any atom is 0.255 e. The maximum absolute atomic E-state index is 15.2. The van der Waals surface area contributed by atoms with Crippen molar-refractivity contribution in [3.05, 3.63) is 93.8 Å². The summed E-state index contributed by atoms with van der Waals surface area (Å²) in [5.74, 6) is -0.415. The highest BCUT2D eigenvalue weighted by Crippen LogP contribution is 2.43. The van der Waals surface area contributed by atoms with Gasteiger partial charge in [-0.25, -0.2) is 4.39 Å². The third-order valence-electron chi connectivity index (χ3n) is 9.36. The fourth-order valence-corrected chi connectivity index (χ4v) is 6.66. The van der Waals surface area contributed by atoms with E-state index in [1.807, 2.05) is 18.2 Å². The molecule has 7 rings (SSSR count). The van der Waals surface area contributed by atoms with Crippen LogP contribution in [0.1, 0.15) is 69.8 Å². The van der Waals surface area contributed by atoms with Crippen LogP contribution in [0.15, 0.2) is 54.6 Å². The summed E-state index contributed by atoms with van der Waals surface area (Å²) in [5.41, 5.74) is 5.56. The van der Waals surface area contributed by atoms with E-state index >= 15 is 4.39 Å². The number of amides is 3. The minimum Gasteiger partial charge on any atom is -0.488 e. The lowest BCUT2D eigenvalue weighted by Gasteiger charge is -2.36. The van der Waals surface area contributed by atoms with Crippen molar-refractivity contribution >= 4 is 23.4 Å². The lowest BCUT2D eigenvalue weighted by atomic mass is 10.0. The second-order valence-electron chi connectivity index (χ2n) is 12.3. The second kappa shape index (κ2) is 12.0. The Morgan fingerprint density at radius 1 is 0.978 bits per heavy atom. The summed E-state index contributed by atoms with van der Waals surface area (Å²) in [4.78, 5) is 43.2. The summed E-state index contributed by atoms with van der Waals surface area (Å²) in [6, 6.07) is 18.2. The van der Waals surface area contributed by atoms with Gasteiger partial charge in [-0.05, 0) is 72.7 Å². The van der Waals surface area contributed by atoms with Crippen LogP contribution in [0, 0.1) is 17.1 Å². The second-order valence-corrected chi connectivity index (χ2v) is 12.3. The summed E-state index contributed by atoms with van der Waals surface area (Å²) >= 11 is 0. The first-order valence-electron chi connectivity index (χ1n) is 15.6. The molecule has 230 valence electrons. The van der Waals surface area contributed by atoms with Crippen molar-refractivity contribution in [1.82, 2.24) is 15.1 Å². The van der Waals surface area contributed by atoms with Crippen molar-refractivity contribution in [3.8, 4) is 11.8 Å². The molecule has 1 N–H and O–H groups in total. The molecule has 2 saturated heterocycles. The minimum absolute atomic E-state index is 0.00127. The number of imide groups is 1. The third kappa shape index (κ3) is 5.88. The Hall–Kier alpha value is -4.75. The molecule has 1 saturated carbocycles. The number of nitriles is 1. The van der Waals surface area contributed by atoms with Gasteiger partial charge < -0.3 is 14.5 Å². The molecule has 0 unspecified atom stereocenters. The van der Waals surface area contributed by atoms with Crippen LogP contribution in [0.5, 0.6) is 5.75 Å². The zero-order valence-corrected chi connectivity index (χ0v) is 24.9. The number of piperidine rings is 1. The molecular formula is C35H34FN5O4. The van der Waals surface area contributed by atoms with Gasteiger partial charge >= 0.3 is 0 Å². The highest BCUT2D eigenvalue weighted by molar-refractivity contribution is 6.05. The number of anilines is 1. The standard InChI is InChI=1S/C35H34FN5O4/c36-30-16-22(19-39-12-14-40(15-13-39)26-9-8-24(18-37)28(17-26)23-6-7-23)4-5-25(30)21-45-32-3-1-2-27-29(32)20-41(35(27)44)31-10-11-33(42)38-34(31)43/h1-5,8-9,16-17,23,31H,6-7,10-15,19-21H2,(H,38,42,43)/t31-/m0/s1. The van der Waals surface area contributed by atoms with Gasteiger partial charge in [-0.15, -0.1) is 0 Å². The van der Waals surface area contributed by atoms with Crippen molar-refractivity contribution in [3.63, 3.8) is 0 Å². The molecule has 9 nitrogen and oxygen atoms in total. The lowest BCUT2D eigenvalue weighted by Crippen LogP contribution is -2.52. The van der Waals surface area contributed by atoms with Crippen LogP contribution >= 0.6 is 0 Å². The normalized spacial score (nSPS) is 20.2. The van der Waals surface area contributed by atoms with E-state index in [-0.39, 0.29) is 43.6 Å². The van der Waals surface area contributed by atoms with E-state index in [1.54, 1.807) is 30.3 Å². The number of ether oxygens (including phenoxy) is 1. The number of nitrogens with one attached hydrogen (secondary N) is 1. The van der Waals surface area contributed by atoms with Gasteiger partial charge in [0.05, 0.1) is 18.2 Å².